The molecule has 0 radical (unpaired) electrons. The number of amides is 6. The standard InChI is InChI=1S/C32H45N9O9/c1-2-3-9-25(43)35-14-5-4-7-22-29(48)39-21(8-6-15-36-32(33)34)28(47)37-18-26(44)38-24(17-27(45)46)31(50)41-23(30(49)40-22)16-19-10-12-20(42)13-11-19/h1,10-13,21-24,42H,3-9,14-18H2,(H,35,43)(H,37,47)(H,38,44)(H,39,48)(H,40,49)(H,41,50)(H,45,46)(H4,33,34,36)/t21-,22-,23+,24-/m1/s1. The maximum atomic E-state index is 13.8. The molecule has 0 aliphatic carbocycles. The van der Waals surface area contributed by atoms with Gasteiger partial charge in [-0.3, -0.25) is 38.6 Å². The van der Waals surface area contributed by atoms with Crippen molar-refractivity contribution < 1.29 is 43.8 Å². The predicted molar refractivity (Wildman–Crippen MR) is 180 cm³/mol. The zero-order valence-corrected chi connectivity index (χ0v) is 27.5. The molecule has 0 spiro atoms. The van der Waals surface area contributed by atoms with Crippen LogP contribution >= 0.6 is 0 Å². The molecule has 1 aromatic carbocycles. The van der Waals surface area contributed by atoms with E-state index in [2.05, 4.69) is 42.8 Å². The topological polar surface area (TPSA) is 297 Å². The number of guanidine groups is 1. The zero-order valence-electron chi connectivity index (χ0n) is 27.5. The number of benzene rings is 1. The maximum Gasteiger partial charge on any atom is 0.305 e. The number of rotatable bonds is 15. The molecule has 1 fully saturated rings. The highest BCUT2D eigenvalue weighted by Crippen LogP contribution is 2.13. The molecule has 1 heterocycles. The number of nitrogens with two attached hydrogens (primary N) is 2. The third kappa shape index (κ3) is 15.4. The first-order valence-electron chi connectivity index (χ1n) is 16.0. The molecule has 272 valence electrons. The van der Waals surface area contributed by atoms with Gasteiger partial charge in [-0.2, -0.15) is 0 Å². The van der Waals surface area contributed by atoms with Crippen molar-refractivity contribution in [3.63, 3.8) is 0 Å². The molecule has 18 heteroatoms. The average Bonchev–Trinajstić information content (AvgIpc) is 3.06. The number of terminal acetylenes is 1. The van der Waals surface area contributed by atoms with Crippen molar-refractivity contribution in [1.29, 1.82) is 0 Å². The third-order valence-corrected chi connectivity index (χ3v) is 7.41. The number of hydrogen-bond donors (Lipinski definition) is 10. The molecule has 0 unspecified atom stereocenters. The molecule has 1 aromatic rings. The van der Waals surface area contributed by atoms with Gasteiger partial charge in [-0.1, -0.05) is 12.1 Å². The minimum atomic E-state index is -1.63. The Labute approximate surface area is 289 Å². The SMILES string of the molecule is C#CCCC(=O)NCCCC[C@H]1NC(=O)[C@H](Cc2ccc(O)cc2)NC(=O)[C@@H](CC(=O)O)NC(=O)CNC(=O)[C@@H](CCCN=C(N)N)NC1=O. The summed E-state index contributed by atoms with van der Waals surface area (Å²) in [7, 11) is 0. The number of phenols is 1. The molecule has 0 saturated carbocycles. The number of unbranched alkanes of at least 4 members (excludes halogenated alkanes) is 1. The van der Waals surface area contributed by atoms with Crippen LogP contribution in [0.5, 0.6) is 5.75 Å². The normalized spacial score (nSPS) is 20.3. The summed E-state index contributed by atoms with van der Waals surface area (Å²) in [6.45, 7) is -0.264. The Hall–Kier alpha value is -5.86. The van der Waals surface area contributed by atoms with E-state index in [1.165, 1.54) is 24.3 Å². The van der Waals surface area contributed by atoms with Crippen LogP contribution in [0.2, 0.25) is 0 Å². The summed E-state index contributed by atoms with van der Waals surface area (Å²) in [5, 5.41) is 34.2. The molecule has 6 amide bonds. The summed E-state index contributed by atoms with van der Waals surface area (Å²) in [4.78, 5) is 94.0. The number of aromatic hydroxyl groups is 1. The summed E-state index contributed by atoms with van der Waals surface area (Å²) in [5.41, 5.74) is 11.2. The van der Waals surface area contributed by atoms with Gasteiger partial charge in [0.25, 0.3) is 0 Å². The van der Waals surface area contributed by atoms with Crippen LogP contribution in [-0.2, 0) is 40.0 Å². The van der Waals surface area contributed by atoms with Gasteiger partial charge >= 0.3 is 5.97 Å². The average molecular weight is 700 g/mol. The molecular formula is C32H45N9O9. The molecular weight excluding hydrogens is 654 g/mol. The van der Waals surface area contributed by atoms with E-state index in [4.69, 9.17) is 17.9 Å². The van der Waals surface area contributed by atoms with Crippen LogP contribution in [0.25, 0.3) is 0 Å². The summed E-state index contributed by atoms with van der Waals surface area (Å²) in [6, 6.07) is 0.325. The fourth-order valence-corrected chi connectivity index (χ4v) is 4.83. The van der Waals surface area contributed by atoms with E-state index < -0.39 is 72.6 Å². The number of aliphatic carboxylic acids is 1. The van der Waals surface area contributed by atoms with Gasteiger partial charge in [0.2, 0.25) is 35.4 Å². The van der Waals surface area contributed by atoms with Crippen LogP contribution in [0.1, 0.15) is 56.9 Å². The van der Waals surface area contributed by atoms with Gasteiger partial charge in [-0.05, 0) is 49.8 Å². The number of aliphatic imine (C=N–C) groups is 1. The van der Waals surface area contributed by atoms with Gasteiger partial charge in [0, 0.05) is 32.4 Å². The molecule has 1 saturated heterocycles. The van der Waals surface area contributed by atoms with Gasteiger partial charge < -0.3 is 53.6 Å². The van der Waals surface area contributed by atoms with Crippen molar-refractivity contribution >= 4 is 47.4 Å². The van der Waals surface area contributed by atoms with Crippen LogP contribution in [0.3, 0.4) is 0 Å². The van der Waals surface area contributed by atoms with E-state index in [0.717, 1.165) is 0 Å². The van der Waals surface area contributed by atoms with Crippen molar-refractivity contribution in [2.75, 3.05) is 19.6 Å². The molecule has 0 aromatic heterocycles. The zero-order chi connectivity index (χ0) is 37.1. The quantitative estimate of drug-likeness (QED) is 0.0387. The molecule has 12 N–H and O–H groups in total. The molecule has 0 bridgehead atoms. The van der Waals surface area contributed by atoms with Gasteiger partial charge in [0.1, 0.15) is 29.9 Å². The number of carboxylic acids is 1. The third-order valence-electron chi connectivity index (χ3n) is 7.41. The molecule has 4 atom stereocenters. The van der Waals surface area contributed by atoms with Crippen molar-refractivity contribution in [3.05, 3.63) is 29.8 Å². The van der Waals surface area contributed by atoms with Crippen molar-refractivity contribution in [3.8, 4) is 18.1 Å². The highest BCUT2D eigenvalue weighted by molar-refractivity contribution is 5.98. The van der Waals surface area contributed by atoms with E-state index in [1.54, 1.807) is 0 Å². The van der Waals surface area contributed by atoms with Gasteiger partial charge in [0.15, 0.2) is 5.96 Å². The number of hydrogen-bond acceptors (Lipinski definition) is 9. The molecule has 2 rings (SSSR count). The smallest absolute Gasteiger partial charge is 0.305 e. The second-order valence-corrected chi connectivity index (χ2v) is 11.5. The van der Waals surface area contributed by atoms with E-state index in [1.807, 2.05) is 0 Å². The molecule has 18 nitrogen and oxygen atoms in total. The summed E-state index contributed by atoms with van der Waals surface area (Å²) in [5.74, 6) is -3.72. The molecule has 1 aliphatic rings. The Balaban J connectivity index is 2.42. The number of nitrogens with one attached hydrogen (secondary N) is 6. The molecule has 50 heavy (non-hydrogen) atoms. The van der Waals surface area contributed by atoms with Crippen molar-refractivity contribution in [2.45, 2.75) is 82.0 Å². The van der Waals surface area contributed by atoms with Gasteiger partial charge in [-0.15, -0.1) is 12.3 Å². The minimum Gasteiger partial charge on any atom is -0.508 e. The van der Waals surface area contributed by atoms with Crippen LogP contribution in [0.4, 0.5) is 0 Å². The Morgan fingerprint density at radius 3 is 2.10 bits per heavy atom. The van der Waals surface area contributed by atoms with Gasteiger partial charge in [-0.25, -0.2) is 0 Å². The first-order chi connectivity index (χ1) is 23.8. The fourth-order valence-electron chi connectivity index (χ4n) is 4.83. The van der Waals surface area contributed by atoms with Gasteiger partial charge in [0.05, 0.1) is 13.0 Å². The Morgan fingerprint density at radius 2 is 1.46 bits per heavy atom. The van der Waals surface area contributed by atoms with E-state index in [0.29, 0.717) is 18.4 Å². The number of carboxylic acid groups (broad SMARTS) is 1. The lowest BCUT2D eigenvalue weighted by Crippen LogP contribution is -2.58. The minimum absolute atomic E-state index is 0.0332. The lowest BCUT2D eigenvalue weighted by molar-refractivity contribution is -0.141. The molecule has 1 aliphatic heterocycles. The van der Waals surface area contributed by atoms with Crippen LogP contribution in [-0.4, -0.2) is 101 Å². The maximum absolute atomic E-state index is 13.8. The number of carbonyl (C=O) groups is 7. The second-order valence-electron chi connectivity index (χ2n) is 11.5. The van der Waals surface area contributed by atoms with E-state index >= 15 is 0 Å². The van der Waals surface area contributed by atoms with Crippen molar-refractivity contribution in [2.24, 2.45) is 16.5 Å². The van der Waals surface area contributed by atoms with Crippen molar-refractivity contribution in [1.82, 2.24) is 31.9 Å². The summed E-state index contributed by atoms with van der Waals surface area (Å²) in [6.07, 6.45) is 5.74. The number of carbonyl (C=O) groups excluding carboxylic acids is 6. The predicted octanol–water partition coefficient (Wildman–Crippen LogP) is -2.77. The fraction of sp³-hybridized carbons (Fsp3) is 0.500. The van der Waals surface area contributed by atoms with Crippen LogP contribution < -0.4 is 43.4 Å². The monoisotopic (exact) mass is 699 g/mol. The highest BCUT2D eigenvalue weighted by Gasteiger charge is 2.33. The number of phenolic OH excluding ortho intramolecular Hbond substituents is 1. The number of nitrogens with zero attached hydrogens (tertiary/aromatic N) is 1. The Bertz CT molecular complexity index is 1440. The second kappa shape index (κ2) is 21.2. The first-order valence-corrected chi connectivity index (χ1v) is 16.0. The Morgan fingerprint density at radius 1 is 0.860 bits per heavy atom. The summed E-state index contributed by atoms with van der Waals surface area (Å²) < 4.78 is 0. The first kappa shape index (κ1) is 40.3. The highest BCUT2D eigenvalue weighted by atomic mass is 16.4. The largest absolute Gasteiger partial charge is 0.508 e. The lowest BCUT2D eigenvalue weighted by atomic mass is 10.0. The van der Waals surface area contributed by atoms with Crippen LogP contribution in [0.15, 0.2) is 29.3 Å². The lowest BCUT2D eigenvalue weighted by Gasteiger charge is -2.26. The Kier molecular flexibility index (Phi) is 17.1. The summed E-state index contributed by atoms with van der Waals surface area (Å²) >= 11 is 0. The van der Waals surface area contributed by atoms with Crippen LogP contribution in [0, 0.1) is 12.3 Å². The van der Waals surface area contributed by atoms with E-state index in [9.17, 15) is 43.8 Å². The van der Waals surface area contributed by atoms with E-state index in [-0.39, 0.29) is 69.2 Å².